The lowest BCUT2D eigenvalue weighted by molar-refractivity contribution is 0.133. The van der Waals surface area contributed by atoms with Crippen molar-refractivity contribution in [3.8, 4) is 0 Å². The molecule has 1 heterocycles. The fourth-order valence-corrected chi connectivity index (χ4v) is 3.32. The van der Waals surface area contributed by atoms with E-state index in [1.165, 1.54) is 16.8 Å². The molecule has 0 aromatic heterocycles. The van der Waals surface area contributed by atoms with E-state index >= 15 is 0 Å². The van der Waals surface area contributed by atoms with E-state index in [9.17, 15) is 0 Å². The van der Waals surface area contributed by atoms with Crippen molar-refractivity contribution in [2.45, 2.75) is 25.7 Å². The summed E-state index contributed by atoms with van der Waals surface area (Å²) in [6.07, 6.45) is 4.22. The van der Waals surface area contributed by atoms with Crippen LogP contribution in [0.1, 0.15) is 24.0 Å². The fraction of sp³-hybridized carbons (Fsp3) is 0.409. The van der Waals surface area contributed by atoms with Crippen LogP contribution in [-0.2, 0) is 17.6 Å². The first-order valence-electron chi connectivity index (χ1n) is 9.56. The Bertz CT molecular complexity index is 706. The first-order valence-corrected chi connectivity index (χ1v) is 9.56. The topological polar surface area (TPSA) is 36.9 Å². The maximum Gasteiger partial charge on any atom is 0.198 e. The molecule has 0 unspecified atom stereocenters. The molecule has 0 saturated heterocycles. The van der Waals surface area contributed by atoms with Crippen molar-refractivity contribution in [1.29, 1.82) is 0 Å². The molecule has 2 aromatic rings. The molecule has 0 spiro atoms. The Labute approximate surface area is 180 Å². The van der Waals surface area contributed by atoms with Crippen LogP contribution in [0.5, 0.6) is 0 Å². The summed E-state index contributed by atoms with van der Waals surface area (Å²) in [5, 5.41) is 3.49. The Morgan fingerprint density at radius 3 is 2.63 bits per heavy atom. The van der Waals surface area contributed by atoms with Crippen LogP contribution in [0.3, 0.4) is 0 Å². The number of nitrogens with zero attached hydrogens (tertiary/aromatic N) is 2. The predicted molar refractivity (Wildman–Crippen MR) is 124 cm³/mol. The van der Waals surface area contributed by atoms with Crippen molar-refractivity contribution in [3.63, 3.8) is 0 Å². The Balaban J connectivity index is 0.00000261. The van der Waals surface area contributed by atoms with Crippen molar-refractivity contribution in [2.75, 3.05) is 38.3 Å². The molecule has 27 heavy (non-hydrogen) atoms. The third kappa shape index (κ3) is 6.50. The summed E-state index contributed by atoms with van der Waals surface area (Å²) in [7, 11) is 1.86. The second-order valence-electron chi connectivity index (χ2n) is 6.56. The highest BCUT2D eigenvalue weighted by molar-refractivity contribution is 14.0. The first kappa shape index (κ1) is 21.7. The molecular formula is C22H30IN3O. The van der Waals surface area contributed by atoms with E-state index in [1.807, 2.05) is 13.1 Å². The predicted octanol–water partition coefficient (Wildman–Crippen LogP) is 4.28. The van der Waals surface area contributed by atoms with E-state index in [4.69, 9.17) is 4.74 Å². The molecular weight excluding hydrogens is 449 g/mol. The van der Waals surface area contributed by atoms with Gasteiger partial charge >= 0.3 is 0 Å². The summed E-state index contributed by atoms with van der Waals surface area (Å²) >= 11 is 0. The average Bonchev–Trinajstić information content (AvgIpc) is 3.12. The number of rotatable bonds is 8. The summed E-state index contributed by atoms with van der Waals surface area (Å²) in [4.78, 5) is 6.73. The van der Waals surface area contributed by atoms with Gasteiger partial charge in [0.1, 0.15) is 0 Å². The van der Waals surface area contributed by atoms with Crippen molar-refractivity contribution >= 4 is 35.6 Å². The summed E-state index contributed by atoms with van der Waals surface area (Å²) in [6, 6.07) is 19.1. The molecule has 1 aliphatic heterocycles. The van der Waals surface area contributed by atoms with Crippen molar-refractivity contribution in [2.24, 2.45) is 4.99 Å². The molecule has 0 aliphatic carbocycles. The number of hydrogen-bond donors (Lipinski definition) is 1. The van der Waals surface area contributed by atoms with Crippen LogP contribution < -0.4 is 10.2 Å². The largest absolute Gasteiger partial charge is 0.381 e. The molecule has 0 atom stereocenters. The molecule has 5 heteroatoms. The van der Waals surface area contributed by atoms with Crippen molar-refractivity contribution in [1.82, 2.24) is 5.32 Å². The summed E-state index contributed by atoms with van der Waals surface area (Å²) in [5.74, 6) is 0.972. The second-order valence-corrected chi connectivity index (χ2v) is 6.56. The number of hydrogen-bond acceptors (Lipinski definition) is 2. The SMILES string of the molecule is CN=C(NCCCCOCCc1ccccc1)N1CCc2ccccc21.I. The van der Waals surface area contributed by atoms with Gasteiger partial charge in [-0.25, -0.2) is 0 Å². The van der Waals surface area contributed by atoms with E-state index in [2.05, 4.69) is 63.7 Å². The van der Waals surface area contributed by atoms with Crippen LogP contribution in [0.4, 0.5) is 5.69 Å². The zero-order valence-electron chi connectivity index (χ0n) is 16.1. The van der Waals surface area contributed by atoms with E-state index in [0.717, 1.165) is 57.9 Å². The molecule has 0 bridgehead atoms. The van der Waals surface area contributed by atoms with Crippen LogP contribution in [-0.4, -0.2) is 39.3 Å². The lowest BCUT2D eigenvalue weighted by Crippen LogP contribution is -2.41. The van der Waals surface area contributed by atoms with Crippen LogP contribution in [0.15, 0.2) is 59.6 Å². The van der Waals surface area contributed by atoms with Gasteiger partial charge in [-0.15, -0.1) is 24.0 Å². The maximum atomic E-state index is 5.75. The Kier molecular flexibility index (Phi) is 9.62. The molecule has 4 nitrogen and oxygen atoms in total. The molecule has 2 aromatic carbocycles. The van der Waals surface area contributed by atoms with E-state index in [-0.39, 0.29) is 24.0 Å². The number of benzene rings is 2. The number of ether oxygens (including phenoxy) is 1. The van der Waals surface area contributed by atoms with Gasteiger partial charge in [0.25, 0.3) is 0 Å². The second kappa shape index (κ2) is 12.0. The van der Waals surface area contributed by atoms with E-state index in [0.29, 0.717) is 0 Å². The quantitative estimate of drug-likeness (QED) is 0.266. The minimum Gasteiger partial charge on any atom is -0.381 e. The van der Waals surface area contributed by atoms with Gasteiger partial charge in [0, 0.05) is 32.4 Å². The van der Waals surface area contributed by atoms with Gasteiger partial charge in [0.15, 0.2) is 5.96 Å². The van der Waals surface area contributed by atoms with Gasteiger partial charge in [0.2, 0.25) is 0 Å². The number of para-hydroxylation sites is 1. The number of halogens is 1. The number of nitrogens with one attached hydrogen (secondary N) is 1. The molecule has 0 fully saturated rings. The molecule has 1 N–H and O–H groups in total. The highest BCUT2D eigenvalue weighted by Gasteiger charge is 2.21. The van der Waals surface area contributed by atoms with Gasteiger partial charge < -0.3 is 15.0 Å². The number of fused-ring (bicyclic) bond motifs is 1. The number of guanidine groups is 1. The molecule has 0 radical (unpaired) electrons. The highest BCUT2D eigenvalue weighted by Crippen LogP contribution is 2.27. The average molecular weight is 479 g/mol. The summed E-state index contributed by atoms with van der Waals surface area (Å²) in [6.45, 7) is 3.54. The van der Waals surface area contributed by atoms with Gasteiger partial charge in [-0.05, 0) is 42.9 Å². The smallest absolute Gasteiger partial charge is 0.198 e. The van der Waals surface area contributed by atoms with E-state index in [1.54, 1.807) is 0 Å². The lowest BCUT2D eigenvalue weighted by Gasteiger charge is -2.22. The molecule has 0 saturated carbocycles. The Morgan fingerprint density at radius 1 is 1.04 bits per heavy atom. The zero-order valence-corrected chi connectivity index (χ0v) is 18.4. The minimum atomic E-state index is 0. The Morgan fingerprint density at radius 2 is 1.81 bits per heavy atom. The monoisotopic (exact) mass is 479 g/mol. The van der Waals surface area contributed by atoms with Gasteiger partial charge in [0.05, 0.1) is 6.61 Å². The number of aliphatic imine (C=N–C) groups is 1. The highest BCUT2D eigenvalue weighted by atomic mass is 127. The molecule has 0 amide bonds. The summed E-state index contributed by atoms with van der Waals surface area (Å²) in [5.41, 5.74) is 4.02. The third-order valence-corrected chi connectivity index (χ3v) is 4.73. The first-order chi connectivity index (χ1) is 12.9. The normalized spacial score (nSPS) is 13.2. The standard InChI is InChI=1S/C22H29N3O.HI/c1-23-22(25-16-13-20-11-5-6-12-21(20)25)24-15-7-8-17-26-18-14-19-9-3-2-4-10-19;/h2-6,9-12H,7-8,13-18H2,1H3,(H,23,24);1H. The summed E-state index contributed by atoms with van der Waals surface area (Å²) < 4.78 is 5.75. The van der Waals surface area contributed by atoms with Crippen LogP contribution >= 0.6 is 24.0 Å². The van der Waals surface area contributed by atoms with Gasteiger partial charge in [-0.3, -0.25) is 4.99 Å². The van der Waals surface area contributed by atoms with E-state index < -0.39 is 0 Å². The van der Waals surface area contributed by atoms with Crippen LogP contribution in [0.2, 0.25) is 0 Å². The zero-order chi connectivity index (χ0) is 18.0. The maximum absolute atomic E-state index is 5.75. The molecule has 3 rings (SSSR count). The van der Waals surface area contributed by atoms with Gasteiger partial charge in [-0.1, -0.05) is 48.5 Å². The number of unbranched alkanes of at least 4 members (excludes halogenated alkanes) is 1. The molecule has 146 valence electrons. The molecule has 1 aliphatic rings. The minimum absolute atomic E-state index is 0. The Hall–Kier alpha value is -1.60. The third-order valence-electron chi connectivity index (χ3n) is 4.73. The van der Waals surface area contributed by atoms with Crippen LogP contribution in [0, 0.1) is 0 Å². The van der Waals surface area contributed by atoms with Crippen molar-refractivity contribution in [3.05, 3.63) is 65.7 Å². The van der Waals surface area contributed by atoms with Crippen LogP contribution in [0.25, 0.3) is 0 Å². The van der Waals surface area contributed by atoms with Crippen molar-refractivity contribution < 1.29 is 4.74 Å². The lowest BCUT2D eigenvalue weighted by atomic mass is 10.2. The fourth-order valence-electron chi connectivity index (χ4n) is 3.32. The van der Waals surface area contributed by atoms with Gasteiger partial charge in [-0.2, -0.15) is 0 Å². The number of anilines is 1.